The highest BCUT2D eigenvalue weighted by Crippen LogP contribution is 2.34. The average molecular weight is 254 g/mol. The SMILES string of the molecule is Cc1nc(Cl)c(C)c(N(CC(C)C)C2CC2)n1. The zero-order valence-corrected chi connectivity index (χ0v) is 11.8. The molecule has 1 heterocycles. The third-order valence-electron chi connectivity index (χ3n) is 2.99. The first-order valence-corrected chi connectivity index (χ1v) is 6.64. The van der Waals surface area contributed by atoms with Crippen LogP contribution in [0, 0.1) is 19.8 Å². The Morgan fingerprint density at radius 2 is 1.94 bits per heavy atom. The van der Waals surface area contributed by atoms with Crippen LogP contribution >= 0.6 is 11.6 Å². The summed E-state index contributed by atoms with van der Waals surface area (Å²) < 4.78 is 0. The summed E-state index contributed by atoms with van der Waals surface area (Å²) in [6.45, 7) is 9.42. The van der Waals surface area contributed by atoms with Gasteiger partial charge in [0.25, 0.3) is 0 Å². The van der Waals surface area contributed by atoms with Crippen LogP contribution in [0.25, 0.3) is 0 Å². The van der Waals surface area contributed by atoms with E-state index in [1.165, 1.54) is 12.8 Å². The summed E-state index contributed by atoms with van der Waals surface area (Å²) in [7, 11) is 0. The Morgan fingerprint density at radius 1 is 1.29 bits per heavy atom. The van der Waals surface area contributed by atoms with Crippen LogP contribution in [0.4, 0.5) is 5.82 Å². The van der Waals surface area contributed by atoms with E-state index in [0.29, 0.717) is 17.1 Å². The summed E-state index contributed by atoms with van der Waals surface area (Å²) in [5.74, 6) is 2.41. The van der Waals surface area contributed by atoms with E-state index in [2.05, 4.69) is 28.7 Å². The third kappa shape index (κ3) is 2.89. The molecule has 1 aliphatic rings. The van der Waals surface area contributed by atoms with Gasteiger partial charge in [0.15, 0.2) is 0 Å². The van der Waals surface area contributed by atoms with Crippen molar-refractivity contribution in [2.24, 2.45) is 5.92 Å². The Morgan fingerprint density at radius 3 is 2.47 bits per heavy atom. The first-order valence-electron chi connectivity index (χ1n) is 6.26. The van der Waals surface area contributed by atoms with Crippen molar-refractivity contribution in [2.75, 3.05) is 11.4 Å². The molecule has 1 aromatic heterocycles. The van der Waals surface area contributed by atoms with E-state index in [9.17, 15) is 0 Å². The topological polar surface area (TPSA) is 29.0 Å². The fourth-order valence-electron chi connectivity index (χ4n) is 2.05. The van der Waals surface area contributed by atoms with Crippen molar-refractivity contribution in [1.29, 1.82) is 0 Å². The minimum Gasteiger partial charge on any atom is -0.353 e. The van der Waals surface area contributed by atoms with E-state index in [4.69, 9.17) is 11.6 Å². The molecule has 94 valence electrons. The van der Waals surface area contributed by atoms with Gasteiger partial charge in [0.1, 0.15) is 16.8 Å². The maximum atomic E-state index is 6.15. The quantitative estimate of drug-likeness (QED) is 0.771. The molecule has 0 bridgehead atoms. The van der Waals surface area contributed by atoms with Gasteiger partial charge in [0.05, 0.1) is 0 Å². The van der Waals surface area contributed by atoms with Gasteiger partial charge in [-0.15, -0.1) is 0 Å². The molecule has 0 aromatic carbocycles. The maximum Gasteiger partial charge on any atom is 0.137 e. The largest absolute Gasteiger partial charge is 0.353 e. The summed E-state index contributed by atoms with van der Waals surface area (Å²) in [6.07, 6.45) is 2.54. The monoisotopic (exact) mass is 253 g/mol. The van der Waals surface area contributed by atoms with E-state index in [0.717, 1.165) is 23.8 Å². The molecular weight excluding hydrogens is 234 g/mol. The van der Waals surface area contributed by atoms with Gasteiger partial charge in [-0.3, -0.25) is 0 Å². The van der Waals surface area contributed by atoms with Crippen LogP contribution < -0.4 is 4.90 Å². The van der Waals surface area contributed by atoms with Crippen molar-refractivity contribution in [3.8, 4) is 0 Å². The smallest absolute Gasteiger partial charge is 0.137 e. The van der Waals surface area contributed by atoms with E-state index >= 15 is 0 Å². The number of hydrogen-bond donors (Lipinski definition) is 0. The predicted octanol–water partition coefficient (Wildman–Crippen LogP) is 3.37. The lowest BCUT2D eigenvalue weighted by Gasteiger charge is -2.27. The van der Waals surface area contributed by atoms with Crippen molar-refractivity contribution in [2.45, 2.75) is 46.6 Å². The van der Waals surface area contributed by atoms with Crippen molar-refractivity contribution in [1.82, 2.24) is 9.97 Å². The molecule has 0 saturated heterocycles. The average Bonchev–Trinajstić information content (AvgIpc) is 3.03. The molecule has 0 unspecified atom stereocenters. The molecule has 0 amide bonds. The van der Waals surface area contributed by atoms with Crippen LogP contribution in [-0.4, -0.2) is 22.6 Å². The molecule has 0 aliphatic heterocycles. The Bertz CT molecular complexity index is 413. The van der Waals surface area contributed by atoms with Gasteiger partial charge in [-0.05, 0) is 32.6 Å². The lowest BCUT2D eigenvalue weighted by Crippen LogP contribution is -2.31. The molecular formula is C13H20ClN3. The molecule has 1 saturated carbocycles. The number of aryl methyl sites for hydroxylation is 1. The van der Waals surface area contributed by atoms with Gasteiger partial charge < -0.3 is 4.90 Å². The highest BCUT2D eigenvalue weighted by molar-refractivity contribution is 6.30. The fourth-order valence-corrected chi connectivity index (χ4v) is 2.25. The van der Waals surface area contributed by atoms with E-state index < -0.39 is 0 Å². The Kier molecular flexibility index (Phi) is 3.57. The van der Waals surface area contributed by atoms with Crippen LogP contribution in [0.15, 0.2) is 0 Å². The van der Waals surface area contributed by atoms with Crippen LogP contribution in [-0.2, 0) is 0 Å². The second-order valence-electron chi connectivity index (χ2n) is 5.29. The summed E-state index contributed by atoms with van der Waals surface area (Å²) in [6, 6.07) is 0.654. The van der Waals surface area contributed by atoms with Crippen molar-refractivity contribution in [3.63, 3.8) is 0 Å². The third-order valence-corrected chi connectivity index (χ3v) is 3.36. The first-order chi connectivity index (χ1) is 7.99. The van der Waals surface area contributed by atoms with Crippen LogP contribution in [0.3, 0.4) is 0 Å². The highest BCUT2D eigenvalue weighted by atomic mass is 35.5. The van der Waals surface area contributed by atoms with E-state index in [-0.39, 0.29) is 0 Å². The van der Waals surface area contributed by atoms with Gasteiger partial charge in [-0.25, -0.2) is 9.97 Å². The highest BCUT2D eigenvalue weighted by Gasteiger charge is 2.31. The van der Waals surface area contributed by atoms with Gasteiger partial charge in [-0.1, -0.05) is 25.4 Å². The number of halogens is 1. The second-order valence-corrected chi connectivity index (χ2v) is 5.65. The summed E-state index contributed by atoms with van der Waals surface area (Å²) in [5.41, 5.74) is 1.00. The predicted molar refractivity (Wildman–Crippen MR) is 71.7 cm³/mol. The minimum atomic E-state index is 0.585. The lowest BCUT2D eigenvalue weighted by molar-refractivity contribution is 0.600. The van der Waals surface area contributed by atoms with Crippen molar-refractivity contribution >= 4 is 17.4 Å². The molecule has 0 N–H and O–H groups in total. The minimum absolute atomic E-state index is 0.585. The van der Waals surface area contributed by atoms with E-state index in [1.54, 1.807) is 0 Å². The Balaban J connectivity index is 2.34. The molecule has 2 rings (SSSR count). The van der Waals surface area contributed by atoms with E-state index in [1.807, 2.05) is 13.8 Å². The summed E-state index contributed by atoms with van der Waals surface area (Å²) in [5, 5.41) is 0.585. The number of rotatable bonds is 4. The molecule has 1 fully saturated rings. The zero-order valence-electron chi connectivity index (χ0n) is 11.0. The Labute approximate surface area is 108 Å². The molecule has 1 aliphatic carbocycles. The molecule has 4 heteroatoms. The number of anilines is 1. The normalized spacial score (nSPS) is 15.4. The fraction of sp³-hybridized carbons (Fsp3) is 0.692. The van der Waals surface area contributed by atoms with Gasteiger partial charge in [0, 0.05) is 18.2 Å². The van der Waals surface area contributed by atoms with Gasteiger partial charge >= 0.3 is 0 Å². The molecule has 0 atom stereocenters. The maximum absolute atomic E-state index is 6.15. The van der Waals surface area contributed by atoms with Crippen LogP contribution in [0.2, 0.25) is 5.15 Å². The summed E-state index contributed by atoms with van der Waals surface area (Å²) in [4.78, 5) is 11.2. The second kappa shape index (κ2) is 4.81. The summed E-state index contributed by atoms with van der Waals surface area (Å²) >= 11 is 6.15. The number of hydrogen-bond acceptors (Lipinski definition) is 3. The zero-order chi connectivity index (χ0) is 12.6. The van der Waals surface area contributed by atoms with Gasteiger partial charge in [-0.2, -0.15) is 0 Å². The molecule has 1 aromatic rings. The Hall–Kier alpha value is -0.830. The van der Waals surface area contributed by atoms with Crippen LogP contribution in [0.1, 0.15) is 38.1 Å². The standard InChI is InChI=1S/C13H20ClN3/c1-8(2)7-17(11-5-6-11)13-9(3)12(14)15-10(4)16-13/h8,11H,5-7H2,1-4H3. The lowest BCUT2D eigenvalue weighted by atomic mass is 10.2. The number of nitrogens with zero attached hydrogens (tertiary/aromatic N) is 3. The molecule has 0 radical (unpaired) electrons. The number of aromatic nitrogens is 2. The molecule has 17 heavy (non-hydrogen) atoms. The van der Waals surface area contributed by atoms with Gasteiger partial charge in [0.2, 0.25) is 0 Å². The van der Waals surface area contributed by atoms with Crippen molar-refractivity contribution < 1.29 is 0 Å². The molecule has 0 spiro atoms. The van der Waals surface area contributed by atoms with Crippen LogP contribution in [0.5, 0.6) is 0 Å². The molecule has 3 nitrogen and oxygen atoms in total. The van der Waals surface area contributed by atoms with Crippen molar-refractivity contribution in [3.05, 3.63) is 16.5 Å². The first kappa shape index (κ1) is 12.6.